The third-order valence-corrected chi connectivity index (χ3v) is 3.69. The van der Waals surface area contributed by atoms with E-state index in [-0.39, 0.29) is 11.3 Å². The molecule has 2 nitrogen and oxygen atoms in total. The van der Waals surface area contributed by atoms with Gasteiger partial charge in [0.15, 0.2) is 0 Å². The lowest BCUT2D eigenvalue weighted by Gasteiger charge is -2.12. The van der Waals surface area contributed by atoms with Crippen LogP contribution in [-0.2, 0) is 0 Å². The predicted octanol–water partition coefficient (Wildman–Crippen LogP) is 4.36. The van der Waals surface area contributed by atoms with Gasteiger partial charge >= 0.3 is 0 Å². The number of rotatable bonds is 4. The van der Waals surface area contributed by atoms with Crippen molar-refractivity contribution in [1.29, 1.82) is 0 Å². The van der Waals surface area contributed by atoms with Gasteiger partial charge in [-0.1, -0.05) is 48.0 Å². The molecule has 0 spiro atoms. The monoisotopic (exact) mass is 307 g/mol. The van der Waals surface area contributed by atoms with Crippen LogP contribution in [-0.4, -0.2) is 12.5 Å². The normalized spacial score (nSPS) is 11.9. The Bertz CT molecular complexity index is 599. The highest BCUT2D eigenvalue weighted by Crippen LogP contribution is 2.19. The zero-order valence-corrected chi connectivity index (χ0v) is 12.6. The second-order valence-electron chi connectivity index (χ2n) is 4.55. The third kappa shape index (κ3) is 3.75. The van der Waals surface area contributed by atoms with E-state index < -0.39 is 0 Å². The summed E-state index contributed by atoms with van der Waals surface area (Å²) in [5, 5.41) is 3.13. The largest absolute Gasteiger partial charge is 0.350 e. The van der Waals surface area contributed by atoms with E-state index in [1.54, 1.807) is 12.1 Å². The van der Waals surface area contributed by atoms with Gasteiger partial charge < -0.3 is 5.32 Å². The minimum absolute atomic E-state index is 0.161. The molecule has 104 valence electrons. The van der Waals surface area contributed by atoms with E-state index in [9.17, 15) is 4.79 Å². The van der Waals surface area contributed by atoms with E-state index >= 15 is 0 Å². The fraction of sp³-hybridized carbons (Fsp3) is 0.188. The van der Waals surface area contributed by atoms with Crippen LogP contribution in [0.3, 0.4) is 0 Å². The molecule has 2 rings (SSSR count). The van der Waals surface area contributed by atoms with Gasteiger partial charge in [-0.15, -0.1) is 11.6 Å². The highest BCUT2D eigenvalue weighted by atomic mass is 35.5. The minimum Gasteiger partial charge on any atom is -0.350 e. The summed E-state index contributed by atoms with van der Waals surface area (Å²) in [6.45, 7) is 2.25. The molecule has 0 heterocycles. The van der Waals surface area contributed by atoms with Gasteiger partial charge in [-0.05, 0) is 30.2 Å². The molecule has 0 saturated heterocycles. The number of halogens is 2. The number of amides is 1. The number of carbonyl (C=O) groups excluding carboxylic acids is 1. The standard InChI is InChI=1S/C16H15Cl2NO/c1-11-7-8-13(17)9-14(11)16(20)19-10-15(18)12-5-3-2-4-6-12/h2-9,15H,10H2,1H3,(H,19,20). The first-order chi connectivity index (χ1) is 9.58. The van der Waals surface area contributed by atoms with Crippen molar-refractivity contribution in [1.82, 2.24) is 5.32 Å². The fourth-order valence-electron chi connectivity index (χ4n) is 1.90. The van der Waals surface area contributed by atoms with Gasteiger partial charge in [-0.25, -0.2) is 0 Å². The van der Waals surface area contributed by atoms with E-state index in [0.29, 0.717) is 17.1 Å². The average Bonchev–Trinajstić information content (AvgIpc) is 2.47. The Morgan fingerprint density at radius 2 is 1.90 bits per heavy atom. The molecule has 0 aromatic heterocycles. The molecule has 0 radical (unpaired) electrons. The van der Waals surface area contributed by atoms with Crippen LogP contribution >= 0.6 is 23.2 Å². The first-order valence-corrected chi connectivity index (χ1v) is 7.12. The highest BCUT2D eigenvalue weighted by molar-refractivity contribution is 6.31. The number of hydrogen-bond donors (Lipinski definition) is 1. The molecule has 1 unspecified atom stereocenters. The molecule has 0 aliphatic heterocycles. The first-order valence-electron chi connectivity index (χ1n) is 6.31. The maximum absolute atomic E-state index is 12.1. The molecule has 0 saturated carbocycles. The summed E-state index contributed by atoms with van der Waals surface area (Å²) in [7, 11) is 0. The third-order valence-electron chi connectivity index (χ3n) is 3.05. The minimum atomic E-state index is -0.250. The Hall–Kier alpha value is -1.51. The van der Waals surface area contributed by atoms with E-state index in [1.807, 2.05) is 43.3 Å². The van der Waals surface area contributed by atoms with Crippen molar-refractivity contribution in [3.05, 3.63) is 70.2 Å². The number of carbonyl (C=O) groups is 1. The van der Waals surface area contributed by atoms with Gasteiger partial charge in [0, 0.05) is 17.1 Å². The molecule has 0 fully saturated rings. The molecule has 0 bridgehead atoms. The first kappa shape index (κ1) is 14.9. The summed E-state index contributed by atoms with van der Waals surface area (Å²) in [4.78, 5) is 12.1. The molecule has 0 aliphatic rings. The molecule has 0 aliphatic carbocycles. The Morgan fingerprint density at radius 3 is 2.60 bits per heavy atom. The van der Waals surface area contributed by atoms with Crippen molar-refractivity contribution in [3.8, 4) is 0 Å². The molecular formula is C16H15Cl2NO. The van der Waals surface area contributed by atoms with Crippen molar-refractivity contribution in [2.24, 2.45) is 0 Å². The van der Waals surface area contributed by atoms with Gasteiger partial charge in [0.2, 0.25) is 0 Å². The number of benzene rings is 2. The lowest BCUT2D eigenvalue weighted by atomic mass is 10.1. The van der Waals surface area contributed by atoms with Crippen molar-refractivity contribution >= 4 is 29.1 Å². The number of alkyl halides is 1. The van der Waals surface area contributed by atoms with E-state index in [0.717, 1.165) is 11.1 Å². The Morgan fingerprint density at radius 1 is 1.20 bits per heavy atom. The van der Waals surface area contributed by atoms with Crippen LogP contribution in [0.25, 0.3) is 0 Å². The van der Waals surface area contributed by atoms with E-state index in [1.165, 1.54) is 0 Å². The van der Waals surface area contributed by atoms with Crippen molar-refractivity contribution in [2.75, 3.05) is 6.54 Å². The van der Waals surface area contributed by atoms with Crippen molar-refractivity contribution < 1.29 is 4.79 Å². The fourth-order valence-corrected chi connectivity index (χ4v) is 2.29. The van der Waals surface area contributed by atoms with Crippen LogP contribution < -0.4 is 5.32 Å². The molecule has 20 heavy (non-hydrogen) atoms. The van der Waals surface area contributed by atoms with Gasteiger partial charge in [0.25, 0.3) is 5.91 Å². The number of aryl methyl sites for hydroxylation is 1. The van der Waals surface area contributed by atoms with E-state index in [2.05, 4.69) is 5.32 Å². The van der Waals surface area contributed by atoms with Gasteiger partial charge in [0.05, 0.1) is 5.38 Å². The zero-order valence-electron chi connectivity index (χ0n) is 11.1. The molecule has 2 aromatic carbocycles. The van der Waals surface area contributed by atoms with Crippen molar-refractivity contribution in [3.63, 3.8) is 0 Å². The molecule has 4 heteroatoms. The predicted molar refractivity (Wildman–Crippen MR) is 83.6 cm³/mol. The summed E-state index contributed by atoms with van der Waals surface area (Å²) in [6.07, 6.45) is 0. The highest BCUT2D eigenvalue weighted by Gasteiger charge is 2.12. The summed E-state index contributed by atoms with van der Waals surface area (Å²) in [5.41, 5.74) is 2.45. The molecule has 1 atom stereocenters. The number of hydrogen-bond acceptors (Lipinski definition) is 1. The molecular weight excluding hydrogens is 293 g/mol. The van der Waals surface area contributed by atoms with Crippen LogP contribution in [0.15, 0.2) is 48.5 Å². The quantitative estimate of drug-likeness (QED) is 0.836. The average molecular weight is 308 g/mol. The van der Waals surface area contributed by atoms with Crippen LogP contribution in [0.1, 0.15) is 26.9 Å². The van der Waals surface area contributed by atoms with Crippen LogP contribution in [0.2, 0.25) is 5.02 Å². The maximum atomic E-state index is 12.1. The number of nitrogens with one attached hydrogen (secondary N) is 1. The lowest BCUT2D eigenvalue weighted by Crippen LogP contribution is -2.27. The maximum Gasteiger partial charge on any atom is 0.251 e. The summed E-state index contributed by atoms with van der Waals surface area (Å²) >= 11 is 12.2. The zero-order chi connectivity index (χ0) is 14.5. The summed E-state index contributed by atoms with van der Waals surface area (Å²) in [6, 6.07) is 14.9. The Kier molecular flexibility index (Phi) is 5.05. The lowest BCUT2D eigenvalue weighted by molar-refractivity contribution is 0.0953. The Balaban J connectivity index is 2.00. The summed E-state index contributed by atoms with van der Waals surface area (Å²) in [5.74, 6) is -0.161. The molecule has 1 N–H and O–H groups in total. The molecule has 2 aromatic rings. The smallest absolute Gasteiger partial charge is 0.251 e. The van der Waals surface area contributed by atoms with Gasteiger partial charge in [-0.3, -0.25) is 4.79 Å². The van der Waals surface area contributed by atoms with Gasteiger partial charge in [0.1, 0.15) is 0 Å². The van der Waals surface area contributed by atoms with Crippen LogP contribution in [0, 0.1) is 6.92 Å². The topological polar surface area (TPSA) is 29.1 Å². The van der Waals surface area contributed by atoms with Crippen LogP contribution in [0.4, 0.5) is 0 Å². The van der Waals surface area contributed by atoms with E-state index in [4.69, 9.17) is 23.2 Å². The van der Waals surface area contributed by atoms with Crippen molar-refractivity contribution in [2.45, 2.75) is 12.3 Å². The second-order valence-corrected chi connectivity index (χ2v) is 5.51. The SMILES string of the molecule is Cc1ccc(Cl)cc1C(=O)NCC(Cl)c1ccccc1. The summed E-state index contributed by atoms with van der Waals surface area (Å²) < 4.78 is 0. The van der Waals surface area contributed by atoms with Gasteiger partial charge in [-0.2, -0.15) is 0 Å². The van der Waals surface area contributed by atoms with Crippen LogP contribution in [0.5, 0.6) is 0 Å². The second kappa shape index (κ2) is 6.78. The molecule has 1 amide bonds. The Labute approximate surface area is 128 Å².